The van der Waals surface area contributed by atoms with Crippen LogP contribution in [0.25, 0.3) is 0 Å². The number of carbonyl (C=O) groups is 1. The fourth-order valence-corrected chi connectivity index (χ4v) is 1.74. The SMILES string of the molecule is COc1ccc(CNc2nnc(Cl)cc2C(=O)O)cc1. The second-order valence-corrected chi connectivity index (χ2v) is 4.32. The highest BCUT2D eigenvalue weighted by atomic mass is 35.5. The summed E-state index contributed by atoms with van der Waals surface area (Å²) in [5.41, 5.74) is 0.942. The molecule has 0 atom stereocenters. The van der Waals surface area contributed by atoms with Crippen molar-refractivity contribution < 1.29 is 14.6 Å². The summed E-state index contributed by atoms with van der Waals surface area (Å²) in [6.45, 7) is 0.417. The van der Waals surface area contributed by atoms with Crippen molar-refractivity contribution in [3.8, 4) is 5.75 Å². The Hall–Kier alpha value is -2.34. The fourth-order valence-electron chi connectivity index (χ4n) is 1.59. The number of carboxylic acids is 1. The van der Waals surface area contributed by atoms with Crippen molar-refractivity contribution in [3.63, 3.8) is 0 Å². The standard InChI is InChI=1S/C13H12ClN3O3/c1-20-9-4-2-8(3-5-9)7-15-12-10(13(18)19)6-11(14)16-17-12/h2-6H,7H2,1H3,(H,15,17)(H,18,19). The van der Waals surface area contributed by atoms with E-state index in [9.17, 15) is 4.79 Å². The van der Waals surface area contributed by atoms with E-state index >= 15 is 0 Å². The Labute approximate surface area is 120 Å². The van der Waals surface area contributed by atoms with Crippen molar-refractivity contribution in [1.29, 1.82) is 0 Å². The summed E-state index contributed by atoms with van der Waals surface area (Å²) < 4.78 is 5.06. The van der Waals surface area contributed by atoms with Crippen LogP contribution in [-0.2, 0) is 6.54 Å². The van der Waals surface area contributed by atoms with E-state index in [0.29, 0.717) is 6.54 Å². The van der Waals surface area contributed by atoms with Gasteiger partial charge < -0.3 is 15.2 Å². The topological polar surface area (TPSA) is 84.3 Å². The van der Waals surface area contributed by atoms with Crippen LogP contribution in [0.2, 0.25) is 5.15 Å². The summed E-state index contributed by atoms with van der Waals surface area (Å²) in [6.07, 6.45) is 0. The van der Waals surface area contributed by atoms with E-state index in [-0.39, 0.29) is 16.5 Å². The van der Waals surface area contributed by atoms with Crippen LogP contribution in [0.3, 0.4) is 0 Å². The van der Waals surface area contributed by atoms with Gasteiger partial charge in [-0.15, -0.1) is 10.2 Å². The average Bonchev–Trinajstić information content (AvgIpc) is 2.46. The van der Waals surface area contributed by atoms with Gasteiger partial charge in [0.25, 0.3) is 0 Å². The molecule has 0 saturated carbocycles. The van der Waals surface area contributed by atoms with Crippen LogP contribution in [0.1, 0.15) is 15.9 Å². The van der Waals surface area contributed by atoms with Gasteiger partial charge >= 0.3 is 5.97 Å². The van der Waals surface area contributed by atoms with E-state index in [1.54, 1.807) is 7.11 Å². The van der Waals surface area contributed by atoms with Crippen LogP contribution in [-0.4, -0.2) is 28.4 Å². The van der Waals surface area contributed by atoms with Crippen LogP contribution >= 0.6 is 11.6 Å². The Kier molecular flexibility index (Phi) is 4.37. The van der Waals surface area contributed by atoms with Crippen molar-refractivity contribution in [2.45, 2.75) is 6.54 Å². The lowest BCUT2D eigenvalue weighted by Gasteiger charge is -2.08. The third-order valence-corrected chi connectivity index (χ3v) is 2.80. The van der Waals surface area contributed by atoms with Gasteiger partial charge in [0.15, 0.2) is 11.0 Å². The van der Waals surface area contributed by atoms with Gasteiger partial charge in [-0.05, 0) is 23.8 Å². The highest BCUT2D eigenvalue weighted by Crippen LogP contribution is 2.17. The maximum absolute atomic E-state index is 11.1. The monoisotopic (exact) mass is 293 g/mol. The van der Waals surface area contributed by atoms with Crippen molar-refractivity contribution in [3.05, 3.63) is 46.6 Å². The Bertz CT molecular complexity index is 617. The molecular formula is C13H12ClN3O3. The first-order valence-electron chi connectivity index (χ1n) is 5.73. The van der Waals surface area contributed by atoms with Crippen molar-refractivity contribution >= 4 is 23.4 Å². The molecule has 1 aromatic carbocycles. The molecule has 6 nitrogen and oxygen atoms in total. The van der Waals surface area contributed by atoms with Crippen LogP contribution in [0.5, 0.6) is 5.75 Å². The molecule has 2 N–H and O–H groups in total. The van der Waals surface area contributed by atoms with Crippen LogP contribution < -0.4 is 10.1 Å². The number of carboxylic acid groups (broad SMARTS) is 1. The first kappa shape index (κ1) is 14.1. The van der Waals surface area contributed by atoms with Crippen LogP contribution in [0, 0.1) is 0 Å². The molecule has 0 radical (unpaired) electrons. The molecule has 0 unspecified atom stereocenters. The van der Waals surface area contributed by atoms with Crippen molar-refractivity contribution in [1.82, 2.24) is 10.2 Å². The van der Waals surface area contributed by atoms with E-state index in [4.69, 9.17) is 21.4 Å². The predicted octanol–water partition coefficient (Wildman–Crippen LogP) is 2.45. The van der Waals surface area contributed by atoms with Gasteiger partial charge in [0, 0.05) is 6.54 Å². The number of rotatable bonds is 5. The lowest BCUT2D eigenvalue weighted by atomic mass is 10.2. The number of methoxy groups -OCH3 is 1. The van der Waals surface area contributed by atoms with Crippen molar-refractivity contribution in [2.75, 3.05) is 12.4 Å². The van der Waals surface area contributed by atoms with E-state index in [0.717, 1.165) is 11.3 Å². The number of hydrogen-bond acceptors (Lipinski definition) is 5. The molecule has 0 bridgehead atoms. The number of anilines is 1. The Morgan fingerprint density at radius 1 is 1.35 bits per heavy atom. The van der Waals surface area contributed by atoms with E-state index in [1.165, 1.54) is 6.07 Å². The Morgan fingerprint density at radius 3 is 2.65 bits per heavy atom. The molecule has 104 valence electrons. The van der Waals surface area contributed by atoms with Gasteiger partial charge in [-0.1, -0.05) is 23.7 Å². The number of nitrogens with one attached hydrogen (secondary N) is 1. The largest absolute Gasteiger partial charge is 0.497 e. The summed E-state index contributed by atoms with van der Waals surface area (Å²) >= 11 is 5.63. The van der Waals surface area contributed by atoms with Crippen LogP contribution in [0.15, 0.2) is 30.3 Å². The molecule has 0 aliphatic rings. The third kappa shape index (κ3) is 3.36. The highest BCUT2D eigenvalue weighted by Gasteiger charge is 2.13. The zero-order chi connectivity index (χ0) is 14.5. The zero-order valence-electron chi connectivity index (χ0n) is 10.6. The Morgan fingerprint density at radius 2 is 2.05 bits per heavy atom. The fraction of sp³-hybridized carbons (Fsp3) is 0.154. The highest BCUT2D eigenvalue weighted by molar-refractivity contribution is 6.29. The molecular weight excluding hydrogens is 282 g/mol. The number of benzene rings is 1. The molecule has 0 amide bonds. The number of nitrogens with zero attached hydrogens (tertiary/aromatic N) is 2. The predicted molar refractivity (Wildman–Crippen MR) is 74.3 cm³/mol. The van der Waals surface area contributed by atoms with Crippen molar-refractivity contribution in [2.24, 2.45) is 0 Å². The number of hydrogen-bond donors (Lipinski definition) is 2. The average molecular weight is 294 g/mol. The summed E-state index contributed by atoms with van der Waals surface area (Å²) in [7, 11) is 1.59. The lowest BCUT2D eigenvalue weighted by Crippen LogP contribution is -2.09. The second-order valence-electron chi connectivity index (χ2n) is 3.94. The number of aromatic nitrogens is 2. The molecule has 0 spiro atoms. The molecule has 0 aliphatic carbocycles. The van der Waals surface area contributed by atoms with Gasteiger partial charge in [-0.25, -0.2) is 4.79 Å². The molecule has 1 heterocycles. The maximum atomic E-state index is 11.1. The number of halogens is 1. The molecule has 0 fully saturated rings. The normalized spacial score (nSPS) is 10.1. The quantitative estimate of drug-likeness (QED) is 0.881. The van der Waals surface area contributed by atoms with Crippen LogP contribution in [0.4, 0.5) is 5.82 Å². The second kappa shape index (κ2) is 6.21. The smallest absolute Gasteiger partial charge is 0.339 e. The zero-order valence-corrected chi connectivity index (χ0v) is 11.4. The minimum Gasteiger partial charge on any atom is -0.497 e. The third-order valence-electron chi connectivity index (χ3n) is 2.61. The van der Waals surface area contributed by atoms with Gasteiger partial charge in [-0.2, -0.15) is 0 Å². The van der Waals surface area contributed by atoms with E-state index in [2.05, 4.69) is 15.5 Å². The maximum Gasteiger partial charge on any atom is 0.339 e. The van der Waals surface area contributed by atoms with Gasteiger partial charge in [0.05, 0.1) is 7.11 Å². The summed E-state index contributed by atoms with van der Waals surface area (Å²) in [5, 5.41) is 19.4. The van der Waals surface area contributed by atoms with E-state index in [1.807, 2.05) is 24.3 Å². The molecule has 0 saturated heterocycles. The van der Waals surface area contributed by atoms with Gasteiger partial charge in [-0.3, -0.25) is 0 Å². The Balaban J connectivity index is 2.12. The minimum absolute atomic E-state index is 0.0153. The first-order valence-corrected chi connectivity index (χ1v) is 6.11. The number of ether oxygens (including phenoxy) is 1. The molecule has 20 heavy (non-hydrogen) atoms. The molecule has 7 heteroatoms. The molecule has 2 aromatic rings. The van der Waals surface area contributed by atoms with E-state index < -0.39 is 5.97 Å². The summed E-state index contributed by atoms with van der Waals surface area (Å²) in [6, 6.07) is 8.64. The lowest BCUT2D eigenvalue weighted by molar-refractivity contribution is 0.0697. The molecule has 2 rings (SSSR count). The molecule has 0 aliphatic heterocycles. The number of aromatic carboxylic acids is 1. The summed E-state index contributed by atoms with van der Waals surface area (Å²) in [4.78, 5) is 11.1. The molecule has 1 aromatic heterocycles. The first-order chi connectivity index (χ1) is 9.60. The summed E-state index contributed by atoms with van der Waals surface area (Å²) in [5.74, 6) is -0.178. The minimum atomic E-state index is -1.11. The van der Waals surface area contributed by atoms with Gasteiger partial charge in [0.2, 0.25) is 0 Å². The van der Waals surface area contributed by atoms with Gasteiger partial charge in [0.1, 0.15) is 11.3 Å².